The smallest absolute Gasteiger partial charge is 0.304 e. The lowest BCUT2D eigenvalue weighted by atomic mass is 9.95. The van der Waals surface area contributed by atoms with Gasteiger partial charge in [0.05, 0.1) is 18.7 Å². The fourth-order valence-corrected chi connectivity index (χ4v) is 5.01. The molecule has 2 aliphatic rings. The minimum Gasteiger partial charge on any atom is -0.492 e. The molecule has 1 aromatic heterocycles. The van der Waals surface area contributed by atoms with Gasteiger partial charge in [-0.05, 0) is 49.4 Å². The number of rotatable bonds is 5. The van der Waals surface area contributed by atoms with E-state index >= 15 is 0 Å². The molecule has 5 rings (SSSR count). The molecule has 31 heavy (non-hydrogen) atoms. The van der Waals surface area contributed by atoms with Crippen LogP contribution in [-0.2, 0) is 18.3 Å². The summed E-state index contributed by atoms with van der Waals surface area (Å²) in [7, 11) is 1.98. The molecule has 160 valence electrons. The van der Waals surface area contributed by atoms with Gasteiger partial charge in [-0.15, -0.1) is 0 Å². The number of fused-ring (bicyclic) bond motifs is 2. The second-order valence-corrected chi connectivity index (χ2v) is 8.49. The first-order chi connectivity index (χ1) is 14.9. The van der Waals surface area contributed by atoms with Crippen molar-refractivity contribution in [2.45, 2.75) is 45.1 Å². The number of hydrogen-bond donors (Lipinski definition) is 1. The van der Waals surface area contributed by atoms with Gasteiger partial charge >= 0.3 is 5.97 Å². The molecule has 1 N–H and O–H groups in total. The van der Waals surface area contributed by atoms with Crippen molar-refractivity contribution in [3.05, 3.63) is 64.5 Å². The predicted molar refractivity (Wildman–Crippen MR) is 117 cm³/mol. The minimum absolute atomic E-state index is 0.0125. The maximum atomic E-state index is 11.1. The van der Waals surface area contributed by atoms with Gasteiger partial charge in [0.1, 0.15) is 17.6 Å². The molecular formula is C25H26N2O4. The lowest BCUT2D eigenvalue weighted by Crippen LogP contribution is -2.07. The van der Waals surface area contributed by atoms with Crippen LogP contribution in [0.15, 0.2) is 36.4 Å². The number of carbonyl (C=O) groups is 1. The van der Waals surface area contributed by atoms with E-state index in [0.717, 1.165) is 35.6 Å². The van der Waals surface area contributed by atoms with Crippen LogP contribution in [0, 0.1) is 13.8 Å². The Bertz CT molecular complexity index is 1180. The van der Waals surface area contributed by atoms with Crippen molar-refractivity contribution >= 4 is 5.97 Å². The van der Waals surface area contributed by atoms with Crippen LogP contribution >= 0.6 is 0 Å². The quantitative estimate of drug-likeness (QED) is 0.649. The number of aliphatic carboxylic acids is 1. The van der Waals surface area contributed by atoms with E-state index < -0.39 is 5.97 Å². The number of carboxylic acid groups (broad SMARTS) is 1. The van der Waals surface area contributed by atoms with E-state index in [1.807, 2.05) is 29.9 Å². The van der Waals surface area contributed by atoms with Crippen LogP contribution in [0.25, 0.3) is 11.1 Å². The first kappa shape index (κ1) is 19.7. The fraction of sp³-hybridized carbons (Fsp3) is 0.360. The molecule has 0 saturated carbocycles. The van der Waals surface area contributed by atoms with Gasteiger partial charge in [-0.25, -0.2) is 0 Å². The monoisotopic (exact) mass is 418 g/mol. The number of carboxylic acids is 1. The van der Waals surface area contributed by atoms with E-state index in [0.29, 0.717) is 6.61 Å². The van der Waals surface area contributed by atoms with Gasteiger partial charge in [0, 0.05) is 35.9 Å². The third-order valence-corrected chi connectivity index (χ3v) is 6.56. The van der Waals surface area contributed by atoms with Crippen molar-refractivity contribution in [3.8, 4) is 22.6 Å². The number of ether oxygens (including phenoxy) is 2. The summed E-state index contributed by atoms with van der Waals surface area (Å²) >= 11 is 0. The normalized spacial score (nSPS) is 19.1. The molecule has 0 unspecified atom stereocenters. The molecule has 0 spiro atoms. The SMILES string of the molecule is Cc1nn(C)c(C)c1-c1cccc2c1CC[C@H]2Oc1ccc2c(c1)OC[C@H]2CC(=O)O. The summed E-state index contributed by atoms with van der Waals surface area (Å²) in [5.74, 6) is 0.588. The lowest BCUT2D eigenvalue weighted by Gasteiger charge is -2.17. The number of hydrogen-bond acceptors (Lipinski definition) is 4. The van der Waals surface area contributed by atoms with E-state index in [2.05, 4.69) is 37.1 Å². The van der Waals surface area contributed by atoms with Crippen molar-refractivity contribution in [1.82, 2.24) is 9.78 Å². The average Bonchev–Trinajstić information content (AvgIpc) is 3.39. The molecule has 2 aromatic carbocycles. The Hall–Kier alpha value is -3.28. The van der Waals surface area contributed by atoms with Gasteiger partial charge < -0.3 is 14.6 Å². The van der Waals surface area contributed by atoms with E-state index in [9.17, 15) is 4.79 Å². The molecule has 1 aliphatic carbocycles. The van der Waals surface area contributed by atoms with Crippen LogP contribution in [0.4, 0.5) is 0 Å². The van der Waals surface area contributed by atoms with E-state index in [4.69, 9.17) is 14.6 Å². The van der Waals surface area contributed by atoms with Gasteiger partial charge in [0.2, 0.25) is 0 Å². The molecule has 3 aromatic rings. The summed E-state index contributed by atoms with van der Waals surface area (Å²) < 4.78 is 14.1. The second-order valence-electron chi connectivity index (χ2n) is 8.49. The zero-order chi connectivity index (χ0) is 21.7. The fourth-order valence-electron chi connectivity index (χ4n) is 5.01. The molecule has 0 bridgehead atoms. The molecule has 0 fully saturated rings. The first-order valence-electron chi connectivity index (χ1n) is 10.7. The Morgan fingerprint density at radius 1 is 1.26 bits per heavy atom. The van der Waals surface area contributed by atoms with Crippen LogP contribution in [0.5, 0.6) is 11.5 Å². The molecule has 0 amide bonds. The summed E-state index contributed by atoms with van der Waals surface area (Å²) in [5, 5.41) is 13.7. The van der Waals surface area contributed by atoms with Gasteiger partial charge in [-0.3, -0.25) is 9.48 Å². The number of benzene rings is 2. The van der Waals surface area contributed by atoms with Crippen LogP contribution in [0.3, 0.4) is 0 Å². The lowest BCUT2D eigenvalue weighted by molar-refractivity contribution is -0.137. The summed E-state index contributed by atoms with van der Waals surface area (Å²) in [6.45, 7) is 4.58. The third-order valence-electron chi connectivity index (χ3n) is 6.56. The van der Waals surface area contributed by atoms with Crippen LogP contribution in [-0.4, -0.2) is 27.5 Å². The Morgan fingerprint density at radius 2 is 2.10 bits per heavy atom. The van der Waals surface area contributed by atoms with E-state index in [1.54, 1.807) is 0 Å². The number of nitrogens with zero attached hydrogens (tertiary/aromatic N) is 2. The van der Waals surface area contributed by atoms with Gasteiger partial charge in [0.25, 0.3) is 0 Å². The van der Waals surface area contributed by atoms with Crippen molar-refractivity contribution in [3.63, 3.8) is 0 Å². The number of aryl methyl sites for hydroxylation is 2. The zero-order valence-corrected chi connectivity index (χ0v) is 18.0. The van der Waals surface area contributed by atoms with Crippen molar-refractivity contribution < 1.29 is 19.4 Å². The molecular weight excluding hydrogens is 392 g/mol. The average molecular weight is 418 g/mol. The summed E-state index contributed by atoms with van der Waals surface area (Å²) in [6.07, 6.45) is 1.96. The topological polar surface area (TPSA) is 73.6 Å². The van der Waals surface area contributed by atoms with Gasteiger partial charge in [-0.1, -0.05) is 24.3 Å². The van der Waals surface area contributed by atoms with Crippen LogP contribution in [0.1, 0.15) is 52.9 Å². The summed E-state index contributed by atoms with van der Waals surface area (Å²) in [6, 6.07) is 12.2. The standard InChI is InChI=1S/C25H26N2O4/c1-14-25(15(2)27(3)26-14)21-6-4-5-20-19(21)9-10-22(20)31-17-7-8-18-16(11-24(28)29)13-30-23(18)12-17/h4-8,12,16,22H,9-11,13H2,1-3H3,(H,28,29)/t16-,22-/m1/s1. The molecule has 1 aliphatic heterocycles. The number of aromatic nitrogens is 2. The third kappa shape index (κ3) is 3.36. The highest BCUT2D eigenvalue weighted by Crippen LogP contribution is 2.43. The largest absolute Gasteiger partial charge is 0.492 e. The zero-order valence-electron chi connectivity index (χ0n) is 18.0. The molecule has 0 saturated heterocycles. The van der Waals surface area contributed by atoms with Crippen molar-refractivity contribution in [1.29, 1.82) is 0 Å². The highest BCUT2D eigenvalue weighted by molar-refractivity contribution is 5.74. The first-order valence-corrected chi connectivity index (χ1v) is 10.7. The highest BCUT2D eigenvalue weighted by Gasteiger charge is 2.30. The van der Waals surface area contributed by atoms with Crippen molar-refractivity contribution in [2.24, 2.45) is 7.05 Å². The summed E-state index contributed by atoms with van der Waals surface area (Å²) in [4.78, 5) is 11.1. The van der Waals surface area contributed by atoms with Crippen LogP contribution in [0.2, 0.25) is 0 Å². The Kier molecular flexibility index (Phi) is 4.73. The van der Waals surface area contributed by atoms with E-state index in [-0.39, 0.29) is 18.4 Å². The van der Waals surface area contributed by atoms with Crippen molar-refractivity contribution in [2.75, 3.05) is 6.61 Å². The Labute approximate surface area is 181 Å². The van der Waals surface area contributed by atoms with Gasteiger partial charge in [-0.2, -0.15) is 5.10 Å². The molecule has 6 nitrogen and oxygen atoms in total. The molecule has 6 heteroatoms. The van der Waals surface area contributed by atoms with Crippen LogP contribution < -0.4 is 9.47 Å². The maximum absolute atomic E-state index is 11.1. The highest BCUT2D eigenvalue weighted by atomic mass is 16.5. The van der Waals surface area contributed by atoms with E-state index in [1.165, 1.54) is 27.9 Å². The Morgan fingerprint density at radius 3 is 2.84 bits per heavy atom. The Balaban J connectivity index is 1.42. The molecule has 2 heterocycles. The second kappa shape index (κ2) is 7.45. The summed E-state index contributed by atoms with van der Waals surface area (Å²) in [5.41, 5.74) is 8.20. The maximum Gasteiger partial charge on any atom is 0.304 e. The predicted octanol–water partition coefficient (Wildman–Crippen LogP) is 4.72. The molecule has 2 atom stereocenters. The molecule has 0 radical (unpaired) electrons. The minimum atomic E-state index is -0.806. The van der Waals surface area contributed by atoms with Gasteiger partial charge in [0.15, 0.2) is 0 Å².